The van der Waals surface area contributed by atoms with E-state index in [-0.39, 0.29) is 25.2 Å². The molecule has 0 aromatic carbocycles. The second kappa shape index (κ2) is 11.1. The van der Waals surface area contributed by atoms with Crippen LogP contribution < -0.4 is 10.6 Å². The van der Waals surface area contributed by atoms with Gasteiger partial charge in [0.15, 0.2) is 0 Å². The summed E-state index contributed by atoms with van der Waals surface area (Å²) in [5, 5.41) is 24.4. The van der Waals surface area contributed by atoms with Crippen LogP contribution in [0.3, 0.4) is 0 Å². The fourth-order valence-corrected chi connectivity index (χ4v) is 1.98. The Hall–Kier alpha value is -1.57. The molecule has 1 unspecified atom stereocenters. The van der Waals surface area contributed by atoms with Crippen molar-refractivity contribution in [1.29, 1.82) is 0 Å². The number of carbonyl (C=O) groups excluding carboxylic acids is 1. The number of aliphatic hydroxyl groups is 2. The lowest BCUT2D eigenvalue weighted by atomic mass is 10.1. The van der Waals surface area contributed by atoms with Crippen LogP contribution in [0.2, 0.25) is 0 Å². The number of esters is 1. The molecule has 1 aliphatic heterocycles. The molecule has 0 radical (unpaired) electrons. The van der Waals surface area contributed by atoms with Gasteiger partial charge in [-0.15, -0.1) is 0 Å². The minimum atomic E-state index is -0.236. The van der Waals surface area contributed by atoms with E-state index in [1.54, 1.807) is 19.1 Å². The van der Waals surface area contributed by atoms with E-state index < -0.39 is 0 Å². The van der Waals surface area contributed by atoms with Crippen molar-refractivity contribution in [3.8, 4) is 0 Å². The number of nitrogens with one attached hydrogen (secondary N) is 2. The van der Waals surface area contributed by atoms with Crippen LogP contribution in [0, 0.1) is 0 Å². The summed E-state index contributed by atoms with van der Waals surface area (Å²) in [4.78, 5) is 11.1. The molecule has 0 saturated heterocycles. The summed E-state index contributed by atoms with van der Waals surface area (Å²) in [6.45, 7) is 3.88. The molecule has 7 nitrogen and oxygen atoms in total. The van der Waals surface area contributed by atoms with Crippen molar-refractivity contribution in [3.05, 3.63) is 23.6 Å². The van der Waals surface area contributed by atoms with Gasteiger partial charge in [0.2, 0.25) is 0 Å². The fraction of sp³-hybridized carbons (Fsp3) is 0.667. The lowest BCUT2D eigenvalue weighted by Crippen LogP contribution is -2.34. The summed E-state index contributed by atoms with van der Waals surface area (Å²) in [7, 11) is 0. The van der Waals surface area contributed by atoms with Crippen LogP contribution in [-0.4, -0.2) is 61.7 Å². The molecule has 0 fully saturated rings. The Kier molecular flexibility index (Phi) is 9.29. The van der Waals surface area contributed by atoms with Gasteiger partial charge in [0.05, 0.1) is 25.9 Å². The molecule has 4 N–H and O–H groups in total. The molecular formula is C15H26N2O5. The quantitative estimate of drug-likeness (QED) is 0.306. The van der Waals surface area contributed by atoms with E-state index in [4.69, 9.17) is 19.7 Å². The van der Waals surface area contributed by atoms with Gasteiger partial charge in [0.25, 0.3) is 0 Å². The SMILES string of the molecule is CCOC(=O)CCCNCCOC1=CC(CO)NC(CO)=C1. The summed E-state index contributed by atoms with van der Waals surface area (Å²) < 4.78 is 10.4. The highest BCUT2D eigenvalue weighted by atomic mass is 16.5. The monoisotopic (exact) mass is 314 g/mol. The third-order valence-electron chi connectivity index (χ3n) is 3.01. The smallest absolute Gasteiger partial charge is 0.305 e. The molecule has 0 spiro atoms. The van der Waals surface area contributed by atoms with E-state index in [0.717, 1.165) is 13.0 Å². The highest BCUT2D eigenvalue weighted by molar-refractivity contribution is 5.69. The molecule has 1 rings (SSSR count). The van der Waals surface area contributed by atoms with Crippen LogP contribution >= 0.6 is 0 Å². The molecule has 22 heavy (non-hydrogen) atoms. The van der Waals surface area contributed by atoms with Crippen molar-refractivity contribution in [2.75, 3.05) is 39.5 Å². The number of ether oxygens (including phenoxy) is 2. The van der Waals surface area contributed by atoms with Gasteiger partial charge in [-0.3, -0.25) is 4.79 Å². The first-order valence-electron chi connectivity index (χ1n) is 7.59. The molecule has 0 aromatic heterocycles. The lowest BCUT2D eigenvalue weighted by Gasteiger charge is -2.22. The Bertz CT molecular complexity index is 395. The van der Waals surface area contributed by atoms with Crippen LogP contribution in [-0.2, 0) is 14.3 Å². The number of hydrogen-bond acceptors (Lipinski definition) is 7. The number of allylic oxidation sites excluding steroid dienone is 1. The fourth-order valence-electron chi connectivity index (χ4n) is 1.98. The van der Waals surface area contributed by atoms with Crippen molar-refractivity contribution < 1.29 is 24.5 Å². The molecule has 0 bridgehead atoms. The summed E-state index contributed by atoms with van der Waals surface area (Å²) >= 11 is 0. The van der Waals surface area contributed by atoms with Gasteiger partial charge in [-0.05, 0) is 26.0 Å². The second-order valence-electron chi connectivity index (χ2n) is 4.84. The van der Waals surface area contributed by atoms with Crippen molar-refractivity contribution in [1.82, 2.24) is 10.6 Å². The van der Waals surface area contributed by atoms with E-state index in [1.165, 1.54) is 0 Å². The zero-order valence-corrected chi connectivity index (χ0v) is 13.0. The standard InChI is InChI=1S/C15H26N2O5/c1-2-21-15(20)4-3-5-16-6-7-22-14-8-12(10-18)17-13(9-14)11-19/h8-9,12,16-19H,2-7,10-11H2,1H3. The van der Waals surface area contributed by atoms with Gasteiger partial charge >= 0.3 is 5.97 Å². The number of aliphatic hydroxyl groups excluding tert-OH is 2. The molecule has 7 heteroatoms. The first kappa shape index (κ1) is 18.5. The molecule has 0 aliphatic carbocycles. The average Bonchev–Trinajstić information content (AvgIpc) is 2.53. The van der Waals surface area contributed by atoms with Gasteiger partial charge in [-0.1, -0.05) is 0 Å². The summed E-state index contributed by atoms with van der Waals surface area (Å²) in [5.41, 5.74) is 0.624. The minimum absolute atomic E-state index is 0.0592. The Morgan fingerprint density at radius 3 is 2.91 bits per heavy atom. The van der Waals surface area contributed by atoms with Gasteiger partial charge in [0, 0.05) is 24.7 Å². The molecule has 1 heterocycles. The third-order valence-corrected chi connectivity index (χ3v) is 3.01. The zero-order chi connectivity index (χ0) is 16.2. The van der Waals surface area contributed by atoms with Crippen molar-refractivity contribution >= 4 is 5.97 Å². The van der Waals surface area contributed by atoms with Crippen molar-refractivity contribution in [2.45, 2.75) is 25.8 Å². The third kappa shape index (κ3) is 7.44. The van der Waals surface area contributed by atoms with E-state index in [2.05, 4.69) is 10.6 Å². The van der Waals surface area contributed by atoms with Crippen LogP contribution in [0.5, 0.6) is 0 Å². The molecule has 1 aliphatic rings. The first-order valence-corrected chi connectivity index (χ1v) is 7.59. The number of carbonyl (C=O) groups is 1. The molecular weight excluding hydrogens is 288 g/mol. The average molecular weight is 314 g/mol. The molecule has 0 amide bonds. The van der Waals surface area contributed by atoms with Crippen molar-refractivity contribution in [2.24, 2.45) is 0 Å². The van der Waals surface area contributed by atoms with E-state index in [9.17, 15) is 4.79 Å². The first-order chi connectivity index (χ1) is 10.7. The summed E-state index contributed by atoms with van der Waals surface area (Å²) in [5.74, 6) is 0.465. The normalized spacial score (nSPS) is 17.3. The van der Waals surface area contributed by atoms with Crippen molar-refractivity contribution in [3.63, 3.8) is 0 Å². The maximum Gasteiger partial charge on any atom is 0.305 e. The van der Waals surface area contributed by atoms with Crippen LogP contribution in [0.15, 0.2) is 23.6 Å². The van der Waals surface area contributed by atoms with Crippen LogP contribution in [0.1, 0.15) is 19.8 Å². The Morgan fingerprint density at radius 1 is 1.41 bits per heavy atom. The second-order valence-corrected chi connectivity index (χ2v) is 4.84. The van der Waals surface area contributed by atoms with Gasteiger partial charge in [-0.2, -0.15) is 0 Å². The largest absolute Gasteiger partial charge is 0.492 e. The highest BCUT2D eigenvalue weighted by Crippen LogP contribution is 2.11. The molecule has 1 atom stereocenters. The zero-order valence-electron chi connectivity index (χ0n) is 13.0. The predicted molar refractivity (Wildman–Crippen MR) is 82.0 cm³/mol. The number of rotatable bonds is 11. The predicted octanol–water partition coefficient (Wildman–Crippen LogP) is -0.340. The lowest BCUT2D eigenvalue weighted by molar-refractivity contribution is -0.143. The topological polar surface area (TPSA) is 100 Å². The highest BCUT2D eigenvalue weighted by Gasteiger charge is 2.13. The number of hydrogen-bond donors (Lipinski definition) is 4. The van der Waals surface area contributed by atoms with Crippen LogP contribution in [0.25, 0.3) is 0 Å². The van der Waals surface area contributed by atoms with E-state index in [1.807, 2.05) is 0 Å². The van der Waals surface area contributed by atoms with Crippen LogP contribution in [0.4, 0.5) is 0 Å². The number of dihydropyridines is 1. The maximum absolute atomic E-state index is 11.1. The van der Waals surface area contributed by atoms with Gasteiger partial charge in [0.1, 0.15) is 12.4 Å². The molecule has 0 saturated carbocycles. The maximum atomic E-state index is 11.1. The van der Waals surface area contributed by atoms with E-state index >= 15 is 0 Å². The molecule has 0 aromatic rings. The van der Waals surface area contributed by atoms with Gasteiger partial charge in [-0.25, -0.2) is 0 Å². The molecule has 126 valence electrons. The Labute approximate surface area is 131 Å². The summed E-state index contributed by atoms with van der Waals surface area (Å²) in [6.07, 6.45) is 4.64. The van der Waals surface area contributed by atoms with Gasteiger partial charge < -0.3 is 30.3 Å². The Morgan fingerprint density at radius 2 is 2.23 bits per heavy atom. The Balaban J connectivity index is 2.12. The van der Waals surface area contributed by atoms with E-state index in [0.29, 0.717) is 37.6 Å². The minimum Gasteiger partial charge on any atom is -0.492 e. The summed E-state index contributed by atoms with van der Waals surface area (Å²) in [6, 6.07) is -0.236.